The zero-order chi connectivity index (χ0) is 47.5. The smallest absolute Gasteiger partial charge is 0.338 e. The molecule has 3 aliphatic carbocycles. The number of aliphatic hydroxyl groups excluding tert-OH is 2. The molecule has 348 valence electrons. The van der Waals surface area contributed by atoms with Gasteiger partial charge < -0.3 is 44.0 Å². The first-order valence-corrected chi connectivity index (χ1v) is 24.9. The van der Waals surface area contributed by atoms with Gasteiger partial charge in [0.15, 0.2) is 25.8 Å². The molecule has 2 aromatic rings. The number of hydrogen-bond donors (Lipinski definition) is 4. The van der Waals surface area contributed by atoms with Crippen LogP contribution >= 0.6 is 0 Å². The Labute approximate surface area is 376 Å². The van der Waals surface area contributed by atoms with Gasteiger partial charge in [0.25, 0.3) is 0 Å². The lowest BCUT2D eigenvalue weighted by Crippen LogP contribution is -2.81. The second-order valence-corrected chi connectivity index (χ2v) is 25.0. The van der Waals surface area contributed by atoms with Gasteiger partial charge in [0.1, 0.15) is 30.0 Å². The molecule has 11 atom stereocenters. The number of esters is 3. The van der Waals surface area contributed by atoms with Crippen LogP contribution in [0, 0.1) is 16.7 Å². The van der Waals surface area contributed by atoms with Crippen LogP contribution in [-0.2, 0) is 42.6 Å². The van der Waals surface area contributed by atoms with Crippen LogP contribution in [-0.4, -0.2) is 108 Å². The Morgan fingerprint density at radius 3 is 2.08 bits per heavy atom. The fraction of sp³-hybridized carbons (Fsp3) is 0.571. The largest absolute Gasteiger partial charge is 0.456 e. The highest BCUT2D eigenvalue weighted by atomic mass is 28.4. The number of rotatable bonds is 11. The summed E-state index contributed by atoms with van der Waals surface area (Å²) in [4.78, 5) is 71.4. The van der Waals surface area contributed by atoms with Gasteiger partial charge in [-0.05, 0) is 74.7 Å². The Morgan fingerprint density at radius 1 is 0.953 bits per heavy atom. The van der Waals surface area contributed by atoms with E-state index >= 15 is 9.59 Å². The normalized spacial score (nSPS) is 32.3. The first-order chi connectivity index (χ1) is 29.7. The quantitative estimate of drug-likeness (QED) is 0.0689. The first-order valence-electron chi connectivity index (χ1n) is 22.0. The first kappa shape index (κ1) is 48.9. The molecule has 1 aliphatic heterocycles. The van der Waals surface area contributed by atoms with Gasteiger partial charge in [0.05, 0.1) is 35.6 Å². The maximum absolute atomic E-state index is 15.2. The molecular weight excluding hydrogens is 839 g/mol. The zero-order valence-electron chi connectivity index (χ0n) is 39.0. The highest BCUT2D eigenvalue weighted by Gasteiger charge is 2.78. The predicted molar refractivity (Wildman–Crippen MR) is 238 cm³/mol. The third kappa shape index (κ3) is 8.10. The van der Waals surface area contributed by atoms with Crippen LogP contribution in [0.15, 0.2) is 83.5 Å². The number of ketones is 1. The minimum Gasteiger partial charge on any atom is -0.456 e. The van der Waals surface area contributed by atoms with Crippen molar-refractivity contribution >= 4 is 37.9 Å². The topological polar surface area (TPSA) is 204 Å². The van der Waals surface area contributed by atoms with Crippen molar-refractivity contribution in [2.24, 2.45) is 16.7 Å². The number of carbonyl (C=O) groups is 5. The van der Waals surface area contributed by atoms with Gasteiger partial charge in [0.2, 0.25) is 5.91 Å². The van der Waals surface area contributed by atoms with Crippen LogP contribution in [0.4, 0.5) is 0 Å². The van der Waals surface area contributed by atoms with Crippen molar-refractivity contribution in [3.63, 3.8) is 0 Å². The number of nitrogens with one attached hydrogen (secondary N) is 1. The molecule has 1 saturated heterocycles. The molecule has 4 aliphatic rings. The monoisotopic (exact) mass is 903 g/mol. The highest BCUT2D eigenvalue weighted by Crippen LogP contribution is 2.64. The fourth-order valence-electron chi connectivity index (χ4n) is 10.1. The zero-order valence-corrected chi connectivity index (χ0v) is 40.0. The summed E-state index contributed by atoms with van der Waals surface area (Å²) in [5.41, 5.74) is -6.32. The maximum atomic E-state index is 15.2. The van der Waals surface area contributed by atoms with Crippen molar-refractivity contribution in [1.29, 1.82) is 0 Å². The summed E-state index contributed by atoms with van der Waals surface area (Å²) in [6.07, 6.45) is -8.04. The number of Topliss-reactive ketones (excluding diaryl/α,β-unsaturated/α-hetero) is 1. The van der Waals surface area contributed by atoms with Crippen molar-refractivity contribution in [2.45, 2.75) is 154 Å². The molecule has 1 amide bonds. The summed E-state index contributed by atoms with van der Waals surface area (Å²) in [5, 5.41) is 40.8. The van der Waals surface area contributed by atoms with E-state index in [0.29, 0.717) is 11.1 Å². The van der Waals surface area contributed by atoms with E-state index in [4.69, 9.17) is 23.4 Å². The third-order valence-corrected chi connectivity index (χ3v) is 19.6. The molecule has 3 fully saturated rings. The summed E-state index contributed by atoms with van der Waals surface area (Å²) in [6, 6.07) is 15.8. The Kier molecular flexibility index (Phi) is 13.3. The number of carbonyl (C=O) groups excluding carboxylic acids is 5. The maximum Gasteiger partial charge on any atom is 0.338 e. The average Bonchev–Trinajstić information content (AvgIpc) is 3.22. The van der Waals surface area contributed by atoms with Gasteiger partial charge in [-0.1, -0.05) is 89.2 Å². The van der Waals surface area contributed by atoms with E-state index in [2.05, 4.69) is 5.32 Å². The van der Waals surface area contributed by atoms with E-state index in [-0.39, 0.29) is 29.7 Å². The predicted octanol–water partition coefficient (Wildman–Crippen LogP) is 5.85. The second kappa shape index (κ2) is 17.4. The Morgan fingerprint density at radius 2 is 1.55 bits per heavy atom. The molecule has 0 aromatic heterocycles. The van der Waals surface area contributed by atoms with Crippen LogP contribution in [0.25, 0.3) is 0 Å². The van der Waals surface area contributed by atoms with Crippen molar-refractivity contribution in [3.8, 4) is 0 Å². The second-order valence-electron chi connectivity index (χ2n) is 20.2. The van der Waals surface area contributed by atoms with E-state index < -0.39 is 120 Å². The molecular formula is C49H65NO13Si. The van der Waals surface area contributed by atoms with Gasteiger partial charge in [-0.2, -0.15) is 0 Å². The van der Waals surface area contributed by atoms with Crippen LogP contribution in [0.5, 0.6) is 0 Å². The van der Waals surface area contributed by atoms with Gasteiger partial charge in [0, 0.05) is 30.8 Å². The van der Waals surface area contributed by atoms with E-state index in [1.165, 1.54) is 26.0 Å². The molecule has 4 N–H and O–H groups in total. The number of amides is 1. The fourth-order valence-corrected chi connectivity index (χ4v) is 11.3. The molecule has 2 saturated carbocycles. The molecule has 15 heteroatoms. The number of aliphatic hydroxyl groups is 3. The minimum atomic E-state index is -2.86. The van der Waals surface area contributed by atoms with E-state index in [1.54, 1.807) is 89.2 Å². The lowest BCUT2D eigenvalue weighted by molar-refractivity contribution is -0.346. The molecule has 1 unspecified atom stereocenters. The van der Waals surface area contributed by atoms with Crippen LogP contribution in [0.1, 0.15) is 104 Å². The average molecular weight is 904 g/mol. The van der Waals surface area contributed by atoms with Crippen molar-refractivity contribution in [1.82, 2.24) is 5.32 Å². The number of allylic oxidation sites excluding steroid dienone is 1. The van der Waals surface area contributed by atoms with Crippen molar-refractivity contribution in [2.75, 3.05) is 6.61 Å². The molecule has 1 heterocycles. The van der Waals surface area contributed by atoms with Gasteiger partial charge in [-0.3, -0.25) is 14.4 Å². The molecule has 2 aromatic carbocycles. The van der Waals surface area contributed by atoms with E-state index in [0.717, 1.165) is 0 Å². The number of benzene rings is 2. The van der Waals surface area contributed by atoms with Crippen molar-refractivity contribution in [3.05, 3.63) is 94.6 Å². The van der Waals surface area contributed by atoms with Gasteiger partial charge in [-0.25, -0.2) is 9.59 Å². The third-order valence-electron chi connectivity index (χ3n) is 15.2. The summed E-state index contributed by atoms with van der Waals surface area (Å²) in [6.45, 7) is 20.5. The summed E-state index contributed by atoms with van der Waals surface area (Å²) >= 11 is 0. The SMILES string of the molecule is C/C=C(\C)C(=O)N[C@@H](c1ccccc1)[C@@H](O[Si](C)(C)C(C)(C)C)C(=O)O[C@H]1C[C@@]2(O)[C@@H](OC(=O)c3ccccc3)C3[C@](C)(C(=O)[C@H](O)C(=C1C)C2(C)C)[C@@H](O)C[C@H]1OC[C@@]31OC(C)=O. The molecule has 2 bridgehead atoms. The number of fused-ring (bicyclic) bond motifs is 5. The van der Waals surface area contributed by atoms with Crippen LogP contribution in [0.2, 0.25) is 18.1 Å². The Balaban J connectivity index is 1.56. The Bertz CT molecular complexity index is 2220. The molecule has 64 heavy (non-hydrogen) atoms. The lowest BCUT2D eigenvalue weighted by Gasteiger charge is -2.67. The van der Waals surface area contributed by atoms with Gasteiger partial charge >= 0.3 is 17.9 Å². The summed E-state index contributed by atoms with van der Waals surface area (Å²) in [7, 11) is -2.86. The van der Waals surface area contributed by atoms with Crippen LogP contribution in [0.3, 0.4) is 0 Å². The Hall–Kier alpha value is -4.51. The van der Waals surface area contributed by atoms with E-state index in [1.807, 2.05) is 33.9 Å². The number of hydrogen-bond acceptors (Lipinski definition) is 13. The summed E-state index contributed by atoms with van der Waals surface area (Å²) in [5.74, 6) is -5.34. The standard InChI is InChI=1S/C49H65NO13Si/c1-13-27(2)42(55)50-36(30-20-16-14-17-21-30)38(63-64(11,12)45(5,6)7)44(57)60-32-25-49(58)41(61-43(56)31-22-18-15-19-23-31)39-47(10,40(54)37(53)35(28(32)3)46(49,8)9)33(52)24-34-48(39,26-59-34)62-29(4)51/h13-23,32-34,36-39,41,52-53,58H,24-26H2,1-12H3,(H,50,55)/b27-13+/t32-,33-,34+,36-,37+,38+,39?,41-,47+,48-,49+/m0/s1. The summed E-state index contributed by atoms with van der Waals surface area (Å²) < 4.78 is 31.8. The molecule has 0 spiro atoms. The van der Waals surface area contributed by atoms with E-state index in [9.17, 15) is 29.7 Å². The molecule has 6 rings (SSSR count). The van der Waals surface area contributed by atoms with Crippen LogP contribution < -0.4 is 5.32 Å². The van der Waals surface area contributed by atoms with Crippen molar-refractivity contribution < 1.29 is 62.7 Å². The minimum absolute atomic E-state index is 0.00342. The molecule has 0 radical (unpaired) electrons. The highest BCUT2D eigenvalue weighted by molar-refractivity contribution is 6.74. The van der Waals surface area contributed by atoms with Gasteiger partial charge in [-0.15, -0.1) is 0 Å². The lowest BCUT2D eigenvalue weighted by atomic mass is 9.44. The number of ether oxygens (including phenoxy) is 4. The molecule has 14 nitrogen and oxygen atoms in total.